The molecule has 0 atom stereocenters. The topological polar surface area (TPSA) is 12.0 Å². The number of hydrogen-bond acceptors (Lipinski definition) is 1. The second kappa shape index (κ2) is 7.13. The van der Waals surface area contributed by atoms with Crippen molar-refractivity contribution >= 4 is 22.1 Å². The monoisotopic (exact) mass is 289 g/mol. The predicted octanol–water partition coefficient (Wildman–Crippen LogP) is 6.32. The molecule has 0 unspecified atom stereocenters. The normalized spacial score (nSPS) is 10.8. The van der Waals surface area contributed by atoms with E-state index >= 15 is 0 Å². The standard InChI is InChI=1S/C21H23N/c1-2-3-4-11-18-12-6-8-15-20(18)22-21-16-9-13-17-10-5-7-14-19(17)21/h5-10,12-16,22H,2-4,11H2,1H3. The van der Waals surface area contributed by atoms with Gasteiger partial charge in [-0.05, 0) is 35.9 Å². The van der Waals surface area contributed by atoms with Gasteiger partial charge in [0.25, 0.3) is 0 Å². The highest BCUT2D eigenvalue weighted by Crippen LogP contribution is 2.28. The molecule has 0 spiro atoms. The zero-order valence-corrected chi connectivity index (χ0v) is 13.2. The molecule has 0 amide bonds. The van der Waals surface area contributed by atoms with E-state index in [9.17, 15) is 0 Å². The molecule has 0 aliphatic carbocycles. The van der Waals surface area contributed by atoms with Gasteiger partial charge >= 0.3 is 0 Å². The molecule has 22 heavy (non-hydrogen) atoms. The first kappa shape index (κ1) is 14.6. The van der Waals surface area contributed by atoms with E-state index in [1.807, 2.05) is 0 Å². The molecule has 0 aliphatic heterocycles. The van der Waals surface area contributed by atoms with E-state index in [0.717, 1.165) is 6.42 Å². The van der Waals surface area contributed by atoms with Crippen molar-refractivity contribution in [1.82, 2.24) is 0 Å². The number of rotatable bonds is 6. The lowest BCUT2D eigenvalue weighted by atomic mass is 10.0. The van der Waals surface area contributed by atoms with Crippen LogP contribution in [0.1, 0.15) is 31.7 Å². The molecule has 1 heteroatoms. The third-order valence-electron chi connectivity index (χ3n) is 4.13. The van der Waals surface area contributed by atoms with Gasteiger partial charge < -0.3 is 5.32 Å². The van der Waals surface area contributed by atoms with Crippen LogP contribution in [-0.2, 0) is 6.42 Å². The molecule has 0 bridgehead atoms. The summed E-state index contributed by atoms with van der Waals surface area (Å²) in [6.45, 7) is 2.25. The van der Waals surface area contributed by atoms with Gasteiger partial charge in [-0.1, -0.05) is 74.4 Å². The average molecular weight is 289 g/mol. The minimum Gasteiger partial charge on any atom is -0.355 e. The van der Waals surface area contributed by atoms with Crippen LogP contribution in [0, 0.1) is 0 Å². The number of benzene rings is 3. The van der Waals surface area contributed by atoms with Crippen molar-refractivity contribution in [1.29, 1.82) is 0 Å². The van der Waals surface area contributed by atoms with E-state index in [-0.39, 0.29) is 0 Å². The lowest BCUT2D eigenvalue weighted by molar-refractivity contribution is 0.718. The molecule has 0 saturated carbocycles. The van der Waals surface area contributed by atoms with E-state index in [1.165, 1.54) is 47.0 Å². The molecular weight excluding hydrogens is 266 g/mol. The Balaban J connectivity index is 1.89. The van der Waals surface area contributed by atoms with Gasteiger partial charge in [0.1, 0.15) is 0 Å². The van der Waals surface area contributed by atoms with Gasteiger partial charge in [0.05, 0.1) is 0 Å². The van der Waals surface area contributed by atoms with Crippen LogP contribution in [0.5, 0.6) is 0 Å². The zero-order chi connectivity index (χ0) is 15.2. The summed E-state index contributed by atoms with van der Waals surface area (Å²) >= 11 is 0. The average Bonchev–Trinajstić information content (AvgIpc) is 2.57. The molecule has 0 fully saturated rings. The SMILES string of the molecule is CCCCCc1ccccc1Nc1cccc2ccccc12. The molecule has 0 heterocycles. The smallest absolute Gasteiger partial charge is 0.0463 e. The maximum Gasteiger partial charge on any atom is 0.0463 e. The summed E-state index contributed by atoms with van der Waals surface area (Å²) < 4.78 is 0. The summed E-state index contributed by atoms with van der Waals surface area (Å²) in [6.07, 6.45) is 4.95. The largest absolute Gasteiger partial charge is 0.355 e. The summed E-state index contributed by atoms with van der Waals surface area (Å²) in [6, 6.07) is 23.6. The van der Waals surface area contributed by atoms with Gasteiger partial charge in [-0.15, -0.1) is 0 Å². The lowest BCUT2D eigenvalue weighted by Gasteiger charge is -2.14. The number of anilines is 2. The number of fused-ring (bicyclic) bond motifs is 1. The minimum absolute atomic E-state index is 1.14. The van der Waals surface area contributed by atoms with Crippen molar-refractivity contribution in [3.63, 3.8) is 0 Å². The van der Waals surface area contributed by atoms with Gasteiger partial charge in [0.15, 0.2) is 0 Å². The minimum atomic E-state index is 1.14. The highest BCUT2D eigenvalue weighted by Gasteiger charge is 2.04. The van der Waals surface area contributed by atoms with Gasteiger partial charge in [-0.2, -0.15) is 0 Å². The Morgan fingerprint density at radius 2 is 1.45 bits per heavy atom. The van der Waals surface area contributed by atoms with Crippen LogP contribution in [0.25, 0.3) is 10.8 Å². The molecule has 0 aromatic heterocycles. The molecule has 1 N–H and O–H groups in total. The van der Waals surface area contributed by atoms with E-state index in [1.54, 1.807) is 0 Å². The number of para-hydroxylation sites is 1. The predicted molar refractivity (Wildman–Crippen MR) is 96.9 cm³/mol. The van der Waals surface area contributed by atoms with Crippen molar-refractivity contribution in [2.45, 2.75) is 32.6 Å². The van der Waals surface area contributed by atoms with E-state index < -0.39 is 0 Å². The van der Waals surface area contributed by atoms with Gasteiger partial charge in [-0.3, -0.25) is 0 Å². The van der Waals surface area contributed by atoms with Crippen molar-refractivity contribution in [3.8, 4) is 0 Å². The fraction of sp³-hybridized carbons (Fsp3) is 0.238. The van der Waals surface area contributed by atoms with Crippen LogP contribution in [0.4, 0.5) is 11.4 Å². The molecule has 3 aromatic rings. The van der Waals surface area contributed by atoms with Crippen molar-refractivity contribution in [3.05, 3.63) is 72.3 Å². The van der Waals surface area contributed by atoms with Crippen molar-refractivity contribution in [2.75, 3.05) is 5.32 Å². The summed E-state index contributed by atoms with van der Waals surface area (Å²) in [7, 11) is 0. The van der Waals surface area contributed by atoms with E-state index in [0.29, 0.717) is 0 Å². The van der Waals surface area contributed by atoms with E-state index in [4.69, 9.17) is 0 Å². The number of unbranched alkanes of at least 4 members (excludes halogenated alkanes) is 2. The zero-order valence-electron chi connectivity index (χ0n) is 13.2. The first-order valence-corrected chi connectivity index (χ1v) is 8.21. The van der Waals surface area contributed by atoms with Gasteiger partial charge in [0, 0.05) is 16.8 Å². The summed E-state index contributed by atoms with van der Waals surface area (Å²) in [4.78, 5) is 0. The number of aryl methyl sites for hydroxylation is 1. The molecule has 0 radical (unpaired) electrons. The first-order chi connectivity index (χ1) is 10.9. The fourth-order valence-electron chi connectivity index (χ4n) is 2.91. The van der Waals surface area contributed by atoms with Crippen LogP contribution in [-0.4, -0.2) is 0 Å². The summed E-state index contributed by atoms with van der Waals surface area (Å²) in [5, 5.41) is 6.19. The Labute approximate surface area is 133 Å². The molecular formula is C21H23N. The van der Waals surface area contributed by atoms with Crippen LogP contribution >= 0.6 is 0 Å². The van der Waals surface area contributed by atoms with Gasteiger partial charge in [-0.25, -0.2) is 0 Å². The number of nitrogens with one attached hydrogen (secondary N) is 1. The first-order valence-electron chi connectivity index (χ1n) is 8.21. The second-order valence-electron chi connectivity index (χ2n) is 5.77. The maximum atomic E-state index is 3.64. The lowest BCUT2D eigenvalue weighted by Crippen LogP contribution is -1.97. The third-order valence-corrected chi connectivity index (χ3v) is 4.13. The molecule has 3 aromatic carbocycles. The molecule has 0 aliphatic rings. The van der Waals surface area contributed by atoms with Crippen LogP contribution in [0.15, 0.2) is 66.7 Å². The van der Waals surface area contributed by atoms with Crippen LogP contribution < -0.4 is 5.32 Å². The summed E-state index contributed by atoms with van der Waals surface area (Å²) in [5.74, 6) is 0. The highest BCUT2D eigenvalue weighted by atomic mass is 14.9. The van der Waals surface area contributed by atoms with Gasteiger partial charge in [0.2, 0.25) is 0 Å². The maximum absolute atomic E-state index is 3.64. The Kier molecular flexibility index (Phi) is 4.75. The van der Waals surface area contributed by atoms with E-state index in [2.05, 4.69) is 79.0 Å². The Bertz CT molecular complexity index is 740. The number of hydrogen-bond donors (Lipinski definition) is 1. The molecule has 0 saturated heterocycles. The Morgan fingerprint density at radius 3 is 2.36 bits per heavy atom. The Hall–Kier alpha value is -2.28. The van der Waals surface area contributed by atoms with Crippen molar-refractivity contribution < 1.29 is 0 Å². The van der Waals surface area contributed by atoms with Crippen LogP contribution in [0.2, 0.25) is 0 Å². The quantitative estimate of drug-likeness (QED) is 0.524. The summed E-state index contributed by atoms with van der Waals surface area (Å²) in [5.41, 5.74) is 3.82. The molecule has 1 nitrogen and oxygen atoms in total. The fourth-order valence-corrected chi connectivity index (χ4v) is 2.91. The molecule has 3 rings (SSSR count). The second-order valence-corrected chi connectivity index (χ2v) is 5.77. The third kappa shape index (κ3) is 3.30. The molecule has 112 valence electrons. The van der Waals surface area contributed by atoms with Crippen molar-refractivity contribution in [2.24, 2.45) is 0 Å². The van der Waals surface area contributed by atoms with Crippen LogP contribution in [0.3, 0.4) is 0 Å². The highest BCUT2D eigenvalue weighted by molar-refractivity contribution is 5.95. The Morgan fingerprint density at radius 1 is 0.727 bits per heavy atom.